The van der Waals surface area contributed by atoms with Gasteiger partial charge in [0.2, 0.25) is 0 Å². The molecule has 27 heavy (non-hydrogen) atoms. The summed E-state index contributed by atoms with van der Waals surface area (Å²) < 4.78 is 5.07. The standard InChI is InChI=1S/C20H23N3O3S/c1-5-13-7-9-14(10-8-13)21-12(4)17-22-18(24)15-11(3)16(20(25)26-6-2)27-19(15)23-17/h7-10,12,21H,5-6H2,1-4H3,(H,22,23,24)/t12-/m1/s1. The summed E-state index contributed by atoms with van der Waals surface area (Å²) in [5, 5.41) is 3.80. The van der Waals surface area contributed by atoms with Gasteiger partial charge in [-0.1, -0.05) is 19.1 Å². The van der Waals surface area contributed by atoms with Gasteiger partial charge in [-0.15, -0.1) is 11.3 Å². The first-order chi connectivity index (χ1) is 12.9. The molecular weight excluding hydrogens is 362 g/mol. The van der Waals surface area contributed by atoms with Crippen molar-refractivity contribution in [2.75, 3.05) is 11.9 Å². The van der Waals surface area contributed by atoms with E-state index in [2.05, 4.69) is 34.3 Å². The van der Waals surface area contributed by atoms with Crippen LogP contribution in [0, 0.1) is 6.92 Å². The van der Waals surface area contributed by atoms with Crippen LogP contribution in [-0.4, -0.2) is 22.5 Å². The van der Waals surface area contributed by atoms with Crippen LogP contribution in [-0.2, 0) is 11.2 Å². The van der Waals surface area contributed by atoms with Gasteiger partial charge in [0, 0.05) is 5.69 Å². The number of hydrogen-bond donors (Lipinski definition) is 2. The third kappa shape index (κ3) is 3.88. The SMILES string of the molecule is CCOC(=O)c1sc2nc([C@@H](C)Nc3ccc(CC)cc3)[nH]c(=O)c2c1C. The second kappa shape index (κ2) is 7.92. The third-order valence-electron chi connectivity index (χ3n) is 4.44. The fourth-order valence-electron chi connectivity index (χ4n) is 2.91. The summed E-state index contributed by atoms with van der Waals surface area (Å²) in [7, 11) is 0. The molecule has 0 bridgehead atoms. The van der Waals surface area contributed by atoms with Gasteiger partial charge in [-0.05, 0) is 50.5 Å². The molecule has 0 aliphatic heterocycles. The van der Waals surface area contributed by atoms with Crippen LogP contribution in [0.2, 0.25) is 0 Å². The number of aromatic amines is 1. The van der Waals surface area contributed by atoms with Gasteiger partial charge in [-0.25, -0.2) is 9.78 Å². The number of hydrogen-bond acceptors (Lipinski definition) is 6. The first kappa shape index (κ1) is 19.1. The highest BCUT2D eigenvalue weighted by molar-refractivity contribution is 7.20. The molecule has 2 heterocycles. The number of carbonyl (C=O) groups excluding carboxylic acids is 1. The summed E-state index contributed by atoms with van der Waals surface area (Å²) in [6, 6.07) is 7.98. The van der Waals surface area contributed by atoms with Crippen LogP contribution >= 0.6 is 11.3 Å². The highest BCUT2D eigenvalue weighted by Crippen LogP contribution is 2.28. The maximum absolute atomic E-state index is 12.6. The number of fused-ring (bicyclic) bond motifs is 1. The summed E-state index contributed by atoms with van der Waals surface area (Å²) in [5.41, 5.74) is 2.59. The average molecular weight is 385 g/mol. The number of rotatable bonds is 6. The molecule has 0 amide bonds. The Morgan fingerprint density at radius 2 is 2.00 bits per heavy atom. The Balaban J connectivity index is 1.92. The Hall–Kier alpha value is -2.67. The van der Waals surface area contributed by atoms with Gasteiger partial charge in [0.05, 0.1) is 18.0 Å². The van der Waals surface area contributed by atoms with Crippen molar-refractivity contribution in [3.63, 3.8) is 0 Å². The van der Waals surface area contributed by atoms with Crippen molar-refractivity contribution in [1.29, 1.82) is 0 Å². The van der Waals surface area contributed by atoms with Crippen LogP contribution in [0.4, 0.5) is 5.69 Å². The van der Waals surface area contributed by atoms with E-state index < -0.39 is 5.97 Å². The molecule has 2 aromatic heterocycles. The van der Waals surface area contributed by atoms with Crippen molar-refractivity contribution < 1.29 is 9.53 Å². The summed E-state index contributed by atoms with van der Waals surface area (Å²) in [6.45, 7) is 7.84. The van der Waals surface area contributed by atoms with Crippen molar-refractivity contribution in [1.82, 2.24) is 9.97 Å². The molecule has 0 saturated heterocycles. The molecule has 3 aromatic rings. The monoisotopic (exact) mass is 385 g/mol. The molecule has 0 fully saturated rings. The summed E-state index contributed by atoms with van der Waals surface area (Å²) in [5.74, 6) is 0.116. The number of nitrogens with zero attached hydrogens (tertiary/aromatic N) is 1. The molecule has 0 aliphatic rings. The molecule has 3 rings (SSSR count). The topological polar surface area (TPSA) is 84.1 Å². The van der Waals surface area contributed by atoms with Crippen molar-refractivity contribution in [2.24, 2.45) is 0 Å². The van der Waals surface area contributed by atoms with Crippen LogP contribution in [0.5, 0.6) is 0 Å². The number of anilines is 1. The first-order valence-corrected chi connectivity index (χ1v) is 9.82. The lowest BCUT2D eigenvalue weighted by Gasteiger charge is -2.14. The van der Waals surface area contributed by atoms with Crippen LogP contribution in [0.25, 0.3) is 10.2 Å². The van der Waals surface area contributed by atoms with Crippen molar-refractivity contribution in [3.05, 3.63) is 56.4 Å². The quantitative estimate of drug-likeness (QED) is 0.621. The lowest BCUT2D eigenvalue weighted by atomic mass is 10.1. The molecular formula is C20H23N3O3S. The van der Waals surface area contributed by atoms with E-state index in [-0.39, 0.29) is 11.6 Å². The number of aryl methyl sites for hydroxylation is 2. The van der Waals surface area contributed by atoms with Crippen molar-refractivity contribution >= 4 is 33.2 Å². The minimum absolute atomic E-state index is 0.192. The summed E-state index contributed by atoms with van der Waals surface area (Å²) >= 11 is 1.20. The van der Waals surface area contributed by atoms with E-state index in [1.165, 1.54) is 16.9 Å². The Labute approximate surface area is 161 Å². The third-order valence-corrected chi connectivity index (χ3v) is 5.60. The molecule has 0 saturated carbocycles. The van der Waals surface area contributed by atoms with E-state index in [1.807, 2.05) is 19.1 Å². The molecule has 1 atom stereocenters. The number of nitrogens with one attached hydrogen (secondary N) is 2. The van der Waals surface area contributed by atoms with E-state index >= 15 is 0 Å². The summed E-state index contributed by atoms with van der Waals surface area (Å²) in [6.07, 6.45) is 0.988. The minimum Gasteiger partial charge on any atom is -0.462 e. The zero-order chi connectivity index (χ0) is 19.6. The van der Waals surface area contributed by atoms with Gasteiger partial charge in [-0.2, -0.15) is 0 Å². The van der Waals surface area contributed by atoms with Gasteiger partial charge >= 0.3 is 5.97 Å². The van der Waals surface area contributed by atoms with E-state index in [1.54, 1.807) is 13.8 Å². The average Bonchev–Trinajstić information content (AvgIpc) is 2.99. The van der Waals surface area contributed by atoms with E-state index in [0.29, 0.717) is 33.1 Å². The molecule has 1 aromatic carbocycles. The fourth-order valence-corrected chi connectivity index (χ4v) is 3.99. The number of carbonyl (C=O) groups is 1. The van der Waals surface area contributed by atoms with E-state index in [4.69, 9.17) is 4.74 Å². The predicted octanol–water partition coefficient (Wildman–Crippen LogP) is 4.21. The molecule has 0 radical (unpaired) electrons. The molecule has 7 heteroatoms. The second-order valence-corrected chi connectivity index (χ2v) is 7.32. The van der Waals surface area contributed by atoms with Crippen LogP contribution < -0.4 is 10.9 Å². The van der Waals surface area contributed by atoms with Crippen LogP contribution in [0.1, 0.15) is 53.4 Å². The highest BCUT2D eigenvalue weighted by atomic mass is 32.1. The number of esters is 1. The van der Waals surface area contributed by atoms with Crippen molar-refractivity contribution in [3.8, 4) is 0 Å². The maximum Gasteiger partial charge on any atom is 0.348 e. The minimum atomic E-state index is -0.416. The zero-order valence-electron chi connectivity index (χ0n) is 15.9. The van der Waals surface area contributed by atoms with E-state index in [0.717, 1.165) is 12.1 Å². The van der Waals surface area contributed by atoms with Gasteiger partial charge < -0.3 is 15.0 Å². The predicted molar refractivity (Wildman–Crippen MR) is 109 cm³/mol. The molecule has 142 valence electrons. The Morgan fingerprint density at radius 1 is 1.30 bits per heavy atom. The maximum atomic E-state index is 12.6. The first-order valence-electron chi connectivity index (χ1n) is 9.00. The van der Waals surface area contributed by atoms with Crippen molar-refractivity contribution in [2.45, 2.75) is 40.2 Å². The smallest absolute Gasteiger partial charge is 0.348 e. The second-order valence-electron chi connectivity index (χ2n) is 6.32. The zero-order valence-corrected chi connectivity index (χ0v) is 16.7. The molecule has 0 spiro atoms. The molecule has 0 aliphatic carbocycles. The number of ether oxygens (including phenoxy) is 1. The van der Waals surface area contributed by atoms with E-state index in [9.17, 15) is 9.59 Å². The molecule has 0 unspecified atom stereocenters. The van der Waals surface area contributed by atoms with Gasteiger partial charge in [0.1, 0.15) is 15.5 Å². The number of aromatic nitrogens is 2. The highest BCUT2D eigenvalue weighted by Gasteiger charge is 2.21. The largest absolute Gasteiger partial charge is 0.462 e. The Morgan fingerprint density at radius 3 is 2.63 bits per heavy atom. The normalized spacial score (nSPS) is 12.1. The number of benzene rings is 1. The van der Waals surface area contributed by atoms with Crippen LogP contribution in [0.3, 0.4) is 0 Å². The lowest BCUT2D eigenvalue weighted by Crippen LogP contribution is -2.17. The Bertz CT molecular complexity index is 1020. The number of thiophene rings is 1. The number of H-pyrrole nitrogens is 1. The van der Waals surface area contributed by atoms with Gasteiger partial charge in [0.25, 0.3) is 5.56 Å². The van der Waals surface area contributed by atoms with Gasteiger partial charge in [0.15, 0.2) is 0 Å². The molecule has 2 N–H and O–H groups in total. The Kier molecular flexibility index (Phi) is 5.60. The lowest BCUT2D eigenvalue weighted by molar-refractivity contribution is 0.0531. The van der Waals surface area contributed by atoms with Crippen LogP contribution in [0.15, 0.2) is 29.1 Å². The summed E-state index contributed by atoms with van der Waals surface area (Å²) in [4.78, 5) is 33.1. The molecule has 6 nitrogen and oxygen atoms in total. The van der Waals surface area contributed by atoms with Gasteiger partial charge in [-0.3, -0.25) is 4.79 Å². The fraction of sp³-hybridized carbons (Fsp3) is 0.350.